The molecule has 0 aromatic heterocycles. The lowest BCUT2D eigenvalue weighted by Gasteiger charge is -2.24. The van der Waals surface area contributed by atoms with E-state index in [1.54, 1.807) is 23.9 Å². The van der Waals surface area contributed by atoms with E-state index in [1.807, 2.05) is 71.6 Å². The standard InChI is InChI=1S/C26H25ClN2O3S/c27-23-12-6-19(7-13-23)16-29-24(30)18-33-26(29)22-10-8-21(9-11-22)25(31)28-14-15-32-17-20-4-2-1-3-5-20/h1-13,26H,14-18H2,(H,28,31)/t26-/m0/s1. The van der Waals surface area contributed by atoms with Gasteiger partial charge in [-0.25, -0.2) is 0 Å². The summed E-state index contributed by atoms with van der Waals surface area (Å²) >= 11 is 7.57. The molecule has 7 heteroatoms. The predicted octanol–water partition coefficient (Wildman–Crippen LogP) is 5.06. The van der Waals surface area contributed by atoms with Crippen LogP contribution in [-0.2, 0) is 22.7 Å². The Balaban J connectivity index is 1.28. The molecule has 1 heterocycles. The molecule has 3 aromatic carbocycles. The molecule has 1 aliphatic rings. The Morgan fingerprint density at radius 3 is 2.45 bits per heavy atom. The van der Waals surface area contributed by atoms with Gasteiger partial charge in [-0.1, -0.05) is 66.2 Å². The van der Waals surface area contributed by atoms with Crippen LogP contribution in [0.2, 0.25) is 5.02 Å². The van der Waals surface area contributed by atoms with Gasteiger partial charge in [0.2, 0.25) is 5.91 Å². The van der Waals surface area contributed by atoms with Crippen LogP contribution in [-0.4, -0.2) is 35.6 Å². The number of halogens is 1. The van der Waals surface area contributed by atoms with E-state index in [9.17, 15) is 9.59 Å². The third kappa shape index (κ3) is 6.38. The van der Waals surface area contributed by atoms with E-state index in [2.05, 4.69) is 5.32 Å². The summed E-state index contributed by atoms with van der Waals surface area (Å²) in [4.78, 5) is 26.8. The molecule has 0 radical (unpaired) electrons. The molecule has 33 heavy (non-hydrogen) atoms. The largest absolute Gasteiger partial charge is 0.375 e. The highest BCUT2D eigenvalue weighted by Gasteiger charge is 2.32. The Kier molecular flexibility index (Phi) is 8.05. The molecule has 1 N–H and O–H groups in total. The fraction of sp³-hybridized carbons (Fsp3) is 0.231. The van der Waals surface area contributed by atoms with E-state index in [-0.39, 0.29) is 17.2 Å². The number of rotatable bonds is 9. The third-order valence-electron chi connectivity index (χ3n) is 5.34. The Labute approximate surface area is 203 Å². The van der Waals surface area contributed by atoms with Gasteiger partial charge in [-0.3, -0.25) is 9.59 Å². The van der Waals surface area contributed by atoms with Gasteiger partial charge in [-0.2, -0.15) is 0 Å². The summed E-state index contributed by atoms with van der Waals surface area (Å²) in [6.07, 6.45) is 0. The number of carbonyl (C=O) groups excluding carboxylic acids is 2. The topological polar surface area (TPSA) is 58.6 Å². The molecule has 2 amide bonds. The molecule has 1 saturated heterocycles. The summed E-state index contributed by atoms with van der Waals surface area (Å²) in [6.45, 7) is 1.93. The second kappa shape index (κ2) is 11.4. The van der Waals surface area contributed by atoms with Gasteiger partial charge in [0.25, 0.3) is 5.91 Å². The molecule has 1 atom stereocenters. The van der Waals surface area contributed by atoms with Gasteiger partial charge in [0, 0.05) is 23.7 Å². The number of nitrogens with zero attached hydrogens (tertiary/aromatic N) is 1. The zero-order valence-electron chi connectivity index (χ0n) is 18.1. The van der Waals surface area contributed by atoms with E-state index < -0.39 is 0 Å². The van der Waals surface area contributed by atoms with Gasteiger partial charge in [-0.15, -0.1) is 11.8 Å². The summed E-state index contributed by atoms with van der Waals surface area (Å²) in [5.74, 6) is 0.416. The van der Waals surface area contributed by atoms with Crippen LogP contribution in [0.5, 0.6) is 0 Å². The average Bonchev–Trinajstić information content (AvgIpc) is 3.21. The van der Waals surface area contributed by atoms with Crippen molar-refractivity contribution in [2.75, 3.05) is 18.9 Å². The molecule has 0 unspecified atom stereocenters. The van der Waals surface area contributed by atoms with Crippen LogP contribution in [0, 0.1) is 0 Å². The zero-order chi connectivity index (χ0) is 23.0. The average molecular weight is 481 g/mol. The highest BCUT2D eigenvalue weighted by Crippen LogP contribution is 2.39. The molecule has 0 spiro atoms. The highest BCUT2D eigenvalue weighted by atomic mass is 35.5. The second-order valence-corrected chi connectivity index (χ2v) is 9.23. The lowest BCUT2D eigenvalue weighted by atomic mass is 10.1. The van der Waals surface area contributed by atoms with Gasteiger partial charge in [0.05, 0.1) is 19.0 Å². The molecule has 3 aromatic rings. The Morgan fingerprint density at radius 2 is 1.73 bits per heavy atom. The minimum Gasteiger partial charge on any atom is -0.375 e. The van der Waals surface area contributed by atoms with Crippen LogP contribution in [0.25, 0.3) is 0 Å². The molecule has 4 rings (SSSR count). The predicted molar refractivity (Wildman–Crippen MR) is 132 cm³/mol. The number of ether oxygens (including phenoxy) is 1. The Morgan fingerprint density at radius 1 is 1.00 bits per heavy atom. The minimum absolute atomic E-state index is 0.0725. The first-order valence-corrected chi connectivity index (χ1v) is 12.2. The lowest BCUT2D eigenvalue weighted by Crippen LogP contribution is -2.28. The smallest absolute Gasteiger partial charge is 0.251 e. The van der Waals surface area contributed by atoms with Crippen molar-refractivity contribution in [1.29, 1.82) is 0 Å². The van der Waals surface area contributed by atoms with Crippen molar-refractivity contribution in [3.8, 4) is 0 Å². The number of hydrogen-bond acceptors (Lipinski definition) is 4. The number of thioether (sulfide) groups is 1. The molecule has 170 valence electrons. The van der Waals surface area contributed by atoms with Crippen LogP contribution in [0.4, 0.5) is 0 Å². The van der Waals surface area contributed by atoms with Crippen molar-refractivity contribution >= 4 is 35.2 Å². The Hall–Kier alpha value is -2.80. The van der Waals surface area contributed by atoms with Crippen LogP contribution >= 0.6 is 23.4 Å². The molecule has 5 nitrogen and oxygen atoms in total. The number of amides is 2. The van der Waals surface area contributed by atoms with Gasteiger partial charge in [0.1, 0.15) is 5.37 Å². The summed E-state index contributed by atoms with van der Waals surface area (Å²) < 4.78 is 5.61. The fourth-order valence-electron chi connectivity index (χ4n) is 3.59. The molecule has 0 saturated carbocycles. The first-order chi connectivity index (χ1) is 16.1. The van der Waals surface area contributed by atoms with E-state index in [0.717, 1.165) is 16.7 Å². The second-order valence-electron chi connectivity index (χ2n) is 7.73. The summed E-state index contributed by atoms with van der Waals surface area (Å²) in [5, 5.41) is 3.49. The number of nitrogens with one attached hydrogen (secondary N) is 1. The van der Waals surface area contributed by atoms with Crippen LogP contribution in [0.1, 0.15) is 32.4 Å². The molecule has 0 bridgehead atoms. The zero-order valence-corrected chi connectivity index (χ0v) is 19.6. The quantitative estimate of drug-likeness (QED) is 0.435. The van der Waals surface area contributed by atoms with Crippen molar-refractivity contribution < 1.29 is 14.3 Å². The SMILES string of the molecule is O=C(NCCOCc1ccccc1)c1ccc([C@@H]2SCC(=O)N2Cc2ccc(Cl)cc2)cc1. The molecule has 0 aliphatic carbocycles. The highest BCUT2D eigenvalue weighted by molar-refractivity contribution is 8.00. The maximum Gasteiger partial charge on any atom is 0.251 e. The van der Waals surface area contributed by atoms with Crippen molar-refractivity contribution in [2.24, 2.45) is 0 Å². The lowest BCUT2D eigenvalue weighted by molar-refractivity contribution is -0.128. The third-order valence-corrected chi connectivity index (χ3v) is 6.84. The number of carbonyl (C=O) groups is 2. The van der Waals surface area contributed by atoms with Gasteiger partial charge >= 0.3 is 0 Å². The molecule has 1 fully saturated rings. The van der Waals surface area contributed by atoms with Crippen molar-refractivity contribution in [3.63, 3.8) is 0 Å². The van der Waals surface area contributed by atoms with Crippen molar-refractivity contribution in [1.82, 2.24) is 10.2 Å². The minimum atomic E-state index is -0.141. The van der Waals surface area contributed by atoms with E-state index in [1.165, 1.54) is 0 Å². The van der Waals surface area contributed by atoms with Gasteiger partial charge in [0.15, 0.2) is 0 Å². The van der Waals surface area contributed by atoms with E-state index in [4.69, 9.17) is 16.3 Å². The van der Waals surface area contributed by atoms with E-state index >= 15 is 0 Å². The molecule has 1 aliphatic heterocycles. The molecular weight excluding hydrogens is 456 g/mol. The van der Waals surface area contributed by atoms with Crippen LogP contribution in [0.15, 0.2) is 78.9 Å². The monoisotopic (exact) mass is 480 g/mol. The summed E-state index contributed by atoms with van der Waals surface area (Å²) in [6, 6.07) is 24.9. The van der Waals surface area contributed by atoms with Crippen LogP contribution < -0.4 is 5.32 Å². The fourth-order valence-corrected chi connectivity index (χ4v) is 4.90. The number of benzene rings is 3. The number of hydrogen-bond donors (Lipinski definition) is 1. The van der Waals surface area contributed by atoms with Crippen molar-refractivity contribution in [2.45, 2.75) is 18.5 Å². The van der Waals surface area contributed by atoms with Crippen molar-refractivity contribution in [3.05, 3.63) is 106 Å². The Bertz CT molecular complexity index is 1070. The van der Waals surface area contributed by atoms with Gasteiger partial charge < -0.3 is 15.0 Å². The first-order valence-electron chi connectivity index (χ1n) is 10.8. The molecular formula is C26H25ClN2O3S. The maximum atomic E-state index is 12.5. The summed E-state index contributed by atoms with van der Waals surface area (Å²) in [5.41, 5.74) is 3.72. The first kappa shape index (κ1) is 23.4. The van der Waals surface area contributed by atoms with Gasteiger partial charge in [-0.05, 0) is 41.0 Å². The van der Waals surface area contributed by atoms with E-state index in [0.29, 0.717) is 42.6 Å². The normalized spacial score (nSPS) is 15.6. The van der Waals surface area contributed by atoms with Crippen LogP contribution in [0.3, 0.4) is 0 Å². The maximum absolute atomic E-state index is 12.5. The summed E-state index contributed by atoms with van der Waals surface area (Å²) in [7, 11) is 0.